The van der Waals surface area contributed by atoms with Crippen molar-refractivity contribution in [2.45, 2.75) is 26.3 Å². The molecule has 0 bridgehead atoms. The zero-order valence-corrected chi connectivity index (χ0v) is 11.4. The number of benzene rings is 1. The van der Waals surface area contributed by atoms with E-state index in [-0.39, 0.29) is 5.82 Å². The second kappa shape index (κ2) is 7.67. The maximum absolute atomic E-state index is 13.4. The van der Waals surface area contributed by atoms with E-state index in [1.165, 1.54) is 6.07 Å². The Bertz CT molecular complexity index is 330. The van der Waals surface area contributed by atoms with Gasteiger partial charge in [0.25, 0.3) is 0 Å². The summed E-state index contributed by atoms with van der Waals surface area (Å²) in [6.07, 6.45) is 2.16. The van der Waals surface area contributed by atoms with Crippen LogP contribution in [0.3, 0.4) is 0 Å². The molecule has 0 heterocycles. The monoisotopic (exact) mass is 257 g/mol. The third-order valence-corrected chi connectivity index (χ3v) is 3.22. The minimum absolute atomic E-state index is 0.117. The van der Waals surface area contributed by atoms with Crippen molar-refractivity contribution in [2.24, 2.45) is 5.92 Å². The molecule has 0 aromatic heterocycles. The van der Waals surface area contributed by atoms with Gasteiger partial charge in [-0.25, -0.2) is 4.39 Å². The first-order valence-corrected chi connectivity index (χ1v) is 6.65. The predicted molar refractivity (Wildman–Crippen MR) is 71.9 cm³/mol. The molecule has 0 N–H and O–H groups in total. The van der Waals surface area contributed by atoms with Gasteiger partial charge in [0.1, 0.15) is 5.82 Å². The highest BCUT2D eigenvalue weighted by atomic mass is 35.5. The minimum atomic E-state index is -0.117. The lowest BCUT2D eigenvalue weighted by atomic mass is 10.0. The zero-order valence-electron chi connectivity index (χ0n) is 10.6. The fourth-order valence-corrected chi connectivity index (χ4v) is 2.14. The Morgan fingerprint density at radius 3 is 2.65 bits per heavy atom. The summed E-state index contributed by atoms with van der Waals surface area (Å²) in [6, 6.07) is 6.96. The van der Waals surface area contributed by atoms with Crippen molar-refractivity contribution in [2.75, 3.05) is 19.5 Å². The van der Waals surface area contributed by atoms with Gasteiger partial charge in [0.05, 0.1) is 0 Å². The van der Waals surface area contributed by atoms with Crippen LogP contribution < -0.4 is 0 Å². The van der Waals surface area contributed by atoms with Crippen molar-refractivity contribution in [3.63, 3.8) is 0 Å². The molecule has 3 heteroatoms. The summed E-state index contributed by atoms with van der Waals surface area (Å²) in [5.41, 5.74) is 0.764. The molecular weight excluding hydrogens is 237 g/mol. The molecule has 0 saturated carbocycles. The van der Waals surface area contributed by atoms with Crippen LogP contribution in [0.2, 0.25) is 0 Å². The van der Waals surface area contributed by atoms with E-state index < -0.39 is 0 Å². The van der Waals surface area contributed by atoms with Gasteiger partial charge in [0.2, 0.25) is 0 Å². The van der Waals surface area contributed by atoms with Gasteiger partial charge in [0.15, 0.2) is 0 Å². The van der Waals surface area contributed by atoms with Crippen LogP contribution in [0.25, 0.3) is 0 Å². The summed E-state index contributed by atoms with van der Waals surface area (Å²) in [6.45, 7) is 3.85. The van der Waals surface area contributed by atoms with Crippen molar-refractivity contribution in [1.29, 1.82) is 0 Å². The fourth-order valence-electron chi connectivity index (χ4n) is 1.77. The fraction of sp³-hybridized carbons (Fsp3) is 0.571. The van der Waals surface area contributed by atoms with Crippen molar-refractivity contribution in [3.05, 3.63) is 35.6 Å². The molecule has 0 radical (unpaired) electrons. The first-order valence-electron chi connectivity index (χ1n) is 6.11. The number of halogens is 2. The highest BCUT2D eigenvalue weighted by Crippen LogP contribution is 2.12. The first kappa shape index (κ1) is 14.5. The molecule has 0 aliphatic heterocycles. The first-order chi connectivity index (χ1) is 8.13. The van der Waals surface area contributed by atoms with Crippen LogP contribution >= 0.6 is 11.6 Å². The second-order valence-corrected chi connectivity index (χ2v) is 5.08. The molecule has 1 nitrogen and oxygen atoms in total. The molecule has 1 unspecified atom stereocenters. The van der Waals surface area contributed by atoms with Crippen molar-refractivity contribution in [3.8, 4) is 0 Å². The highest BCUT2D eigenvalue weighted by molar-refractivity contribution is 6.17. The van der Waals surface area contributed by atoms with E-state index in [9.17, 15) is 4.39 Å². The van der Waals surface area contributed by atoms with Crippen LogP contribution in [-0.2, 0) is 6.54 Å². The predicted octanol–water partition coefficient (Wildman–Crippen LogP) is 3.91. The average Bonchev–Trinajstić information content (AvgIpc) is 2.30. The molecule has 0 aliphatic rings. The summed E-state index contributed by atoms with van der Waals surface area (Å²) < 4.78 is 13.4. The Kier molecular flexibility index (Phi) is 6.53. The summed E-state index contributed by atoms with van der Waals surface area (Å²) in [5.74, 6) is 1.24. The molecule has 1 aromatic carbocycles. The third kappa shape index (κ3) is 5.51. The molecule has 0 spiro atoms. The van der Waals surface area contributed by atoms with Gasteiger partial charge in [-0.2, -0.15) is 0 Å². The smallest absolute Gasteiger partial charge is 0.127 e. The number of hydrogen-bond acceptors (Lipinski definition) is 1. The van der Waals surface area contributed by atoms with Gasteiger partial charge >= 0.3 is 0 Å². The molecular formula is C14H21ClFN. The van der Waals surface area contributed by atoms with Crippen molar-refractivity contribution in [1.82, 2.24) is 4.90 Å². The maximum Gasteiger partial charge on any atom is 0.127 e. The Morgan fingerprint density at radius 1 is 1.29 bits per heavy atom. The second-order valence-electron chi connectivity index (χ2n) is 4.70. The van der Waals surface area contributed by atoms with Crippen LogP contribution in [-0.4, -0.2) is 24.4 Å². The Hall–Kier alpha value is -0.600. The van der Waals surface area contributed by atoms with E-state index in [1.807, 2.05) is 19.2 Å². The normalized spacial score (nSPS) is 13.0. The van der Waals surface area contributed by atoms with Crippen LogP contribution in [0.5, 0.6) is 0 Å². The lowest BCUT2D eigenvalue weighted by molar-refractivity contribution is 0.292. The van der Waals surface area contributed by atoms with Gasteiger partial charge in [-0.05, 0) is 38.4 Å². The zero-order chi connectivity index (χ0) is 12.7. The summed E-state index contributed by atoms with van der Waals surface area (Å²) in [7, 11) is 2.03. The maximum atomic E-state index is 13.4. The Morgan fingerprint density at radius 2 is 2.00 bits per heavy atom. The summed E-state index contributed by atoms with van der Waals surface area (Å²) in [4.78, 5) is 2.16. The molecule has 1 rings (SSSR count). The van der Waals surface area contributed by atoms with Gasteiger partial charge in [0, 0.05) is 18.0 Å². The highest BCUT2D eigenvalue weighted by Gasteiger charge is 2.07. The SMILES string of the molecule is CC(CCCl)CCN(C)Cc1ccccc1F. The van der Waals surface area contributed by atoms with Crippen LogP contribution in [0.15, 0.2) is 24.3 Å². The molecule has 1 aromatic rings. The number of alkyl halides is 1. The van der Waals surface area contributed by atoms with E-state index >= 15 is 0 Å². The van der Waals surface area contributed by atoms with E-state index in [1.54, 1.807) is 6.07 Å². The quantitative estimate of drug-likeness (QED) is 0.670. The van der Waals surface area contributed by atoms with Crippen molar-refractivity contribution >= 4 is 11.6 Å². The molecule has 0 saturated heterocycles. The van der Waals surface area contributed by atoms with E-state index in [0.717, 1.165) is 30.8 Å². The lowest BCUT2D eigenvalue weighted by Crippen LogP contribution is -2.21. The Balaban J connectivity index is 2.34. The minimum Gasteiger partial charge on any atom is -0.302 e. The topological polar surface area (TPSA) is 3.24 Å². The number of rotatable bonds is 7. The lowest BCUT2D eigenvalue weighted by Gasteiger charge is -2.19. The molecule has 0 aliphatic carbocycles. The van der Waals surface area contributed by atoms with Gasteiger partial charge in [-0.1, -0.05) is 25.1 Å². The average molecular weight is 258 g/mol. The van der Waals surface area contributed by atoms with Gasteiger partial charge < -0.3 is 4.90 Å². The van der Waals surface area contributed by atoms with Gasteiger partial charge in [-0.3, -0.25) is 0 Å². The molecule has 1 atom stereocenters. The Labute approximate surface area is 109 Å². The summed E-state index contributed by atoms with van der Waals surface area (Å²) in [5, 5.41) is 0. The van der Waals surface area contributed by atoms with E-state index in [0.29, 0.717) is 12.5 Å². The van der Waals surface area contributed by atoms with Crippen LogP contribution in [0.4, 0.5) is 4.39 Å². The van der Waals surface area contributed by atoms with Crippen molar-refractivity contribution < 1.29 is 4.39 Å². The number of nitrogens with zero attached hydrogens (tertiary/aromatic N) is 1. The molecule has 0 fully saturated rings. The van der Waals surface area contributed by atoms with Crippen LogP contribution in [0, 0.1) is 11.7 Å². The van der Waals surface area contributed by atoms with Gasteiger partial charge in [-0.15, -0.1) is 11.6 Å². The molecule has 96 valence electrons. The summed E-state index contributed by atoms with van der Waals surface area (Å²) >= 11 is 5.70. The third-order valence-electron chi connectivity index (χ3n) is 3.00. The van der Waals surface area contributed by atoms with E-state index in [4.69, 9.17) is 11.6 Å². The molecule has 17 heavy (non-hydrogen) atoms. The van der Waals surface area contributed by atoms with E-state index in [2.05, 4.69) is 11.8 Å². The van der Waals surface area contributed by atoms with Crippen LogP contribution in [0.1, 0.15) is 25.3 Å². The largest absolute Gasteiger partial charge is 0.302 e. The number of hydrogen-bond donors (Lipinski definition) is 0. The molecule has 0 amide bonds. The standard InChI is InChI=1S/C14H21ClFN/c1-12(7-9-15)8-10-17(2)11-13-5-3-4-6-14(13)16/h3-6,12H,7-11H2,1-2H3.